The number of carbonyl (C=O) groups excluding carboxylic acids is 2. The van der Waals surface area contributed by atoms with Crippen molar-refractivity contribution in [1.82, 2.24) is 10.2 Å². The third kappa shape index (κ3) is 5.85. The van der Waals surface area contributed by atoms with Gasteiger partial charge in [-0.15, -0.1) is 0 Å². The molecule has 5 rings (SSSR count). The molecule has 43 heavy (non-hydrogen) atoms. The van der Waals surface area contributed by atoms with E-state index in [0.717, 1.165) is 4.90 Å². The Labute approximate surface area is 245 Å². The minimum absolute atomic E-state index is 0.00544. The van der Waals surface area contributed by atoms with Crippen LogP contribution in [-0.2, 0) is 27.7 Å². The van der Waals surface area contributed by atoms with Crippen LogP contribution in [0, 0.1) is 0 Å². The Bertz CT molecular complexity index is 1630. The van der Waals surface area contributed by atoms with Gasteiger partial charge in [-0.2, -0.15) is 13.2 Å². The van der Waals surface area contributed by atoms with E-state index in [4.69, 9.17) is 13.9 Å². The molecule has 0 aliphatic carbocycles. The molecule has 1 N–H and O–H groups in total. The van der Waals surface area contributed by atoms with Crippen LogP contribution in [-0.4, -0.2) is 43.2 Å². The number of urea groups is 1. The van der Waals surface area contributed by atoms with Gasteiger partial charge in [0.15, 0.2) is 5.54 Å². The Kier molecular flexibility index (Phi) is 8.54. The second-order valence-electron chi connectivity index (χ2n) is 9.98. The average Bonchev–Trinajstić information content (AvgIpc) is 3.25. The number of imide groups is 1. The summed E-state index contributed by atoms with van der Waals surface area (Å²) in [6, 6.07) is 20.6. The monoisotopic (exact) mass is 594 g/mol. The van der Waals surface area contributed by atoms with Crippen LogP contribution in [0.3, 0.4) is 0 Å². The van der Waals surface area contributed by atoms with Crippen LogP contribution < -0.4 is 15.7 Å². The van der Waals surface area contributed by atoms with E-state index in [-0.39, 0.29) is 43.1 Å². The van der Waals surface area contributed by atoms with Crippen LogP contribution in [0.4, 0.5) is 18.0 Å². The fourth-order valence-electron chi connectivity index (χ4n) is 5.30. The van der Waals surface area contributed by atoms with E-state index in [1.54, 1.807) is 48.5 Å². The lowest BCUT2D eigenvalue weighted by molar-refractivity contribution is -0.136. The third-order valence-corrected chi connectivity index (χ3v) is 7.24. The van der Waals surface area contributed by atoms with Crippen molar-refractivity contribution >= 4 is 22.9 Å². The summed E-state index contributed by atoms with van der Waals surface area (Å²) in [4.78, 5) is 39.7. The molecule has 0 spiro atoms. The molecule has 0 unspecified atom stereocenters. The highest BCUT2D eigenvalue weighted by molar-refractivity contribution is 6.09. The number of benzene rings is 3. The first-order valence-electron chi connectivity index (χ1n) is 13.8. The maximum atomic E-state index is 13.7. The summed E-state index contributed by atoms with van der Waals surface area (Å²) in [6.45, 7) is 1.98. The number of ether oxygens (including phenoxy) is 2. The smallest absolute Gasteiger partial charge is 0.417 e. The first kappa shape index (κ1) is 29.8. The molecule has 1 aromatic heterocycles. The summed E-state index contributed by atoms with van der Waals surface area (Å²) < 4.78 is 57.2. The Morgan fingerprint density at radius 2 is 1.53 bits per heavy atom. The lowest BCUT2D eigenvalue weighted by Gasteiger charge is -2.28. The number of hydrogen-bond acceptors (Lipinski definition) is 6. The first-order chi connectivity index (χ1) is 20.7. The van der Waals surface area contributed by atoms with Gasteiger partial charge in [-0.05, 0) is 29.7 Å². The first-order valence-corrected chi connectivity index (χ1v) is 13.8. The van der Waals surface area contributed by atoms with Gasteiger partial charge in [0, 0.05) is 17.0 Å². The van der Waals surface area contributed by atoms with Gasteiger partial charge in [0.1, 0.15) is 17.9 Å². The zero-order valence-corrected chi connectivity index (χ0v) is 23.3. The lowest BCUT2D eigenvalue weighted by Crippen LogP contribution is -2.45. The average molecular weight is 595 g/mol. The number of nitrogens with one attached hydrogen (secondary N) is 1. The fourth-order valence-corrected chi connectivity index (χ4v) is 5.30. The van der Waals surface area contributed by atoms with Gasteiger partial charge in [-0.25, -0.2) is 9.59 Å². The molecule has 0 saturated carbocycles. The summed E-state index contributed by atoms with van der Waals surface area (Å²) in [5.74, 6) is -0.139. The largest absolute Gasteiger partial charge is 0.491 e. The van der Waals surface area contributed by atoms with E-state index < -0.39 is 34.8 Å². The molecule has 2 heterocycles. The number of carbonyl (C=O) groups is 2. The Morgan fingerprint density at radius 1 is 0.884 bits per heavy atom. The van der Waals surface area contributed by atoms with E-state index in [1.807, 2.05) is 19.1 Å². The minimum atomic E-state index is -4.72. The summed E-state index contributed by atoms with van der Waals surface area (Å²) in [5.41, 5.74) is -2.05. The van der Waals surface area contributed by atoms with E-state index in [0.29, 0.717) is 35.6 Å². The highest BCUT2D eigenvalue weighted by Crippen LogP contribution is 2.38. The summed E-state index contributed by atoms with van der Waals surface area (Å²) in [7, 11) is 0. The van der Waals surface area contributed by atoms with Crippen LogP contribution in [0.15, 0.2) is 88.1 Å². The van der Waals surface area contributed by atoms with Crippen LogP contribution in [0.25, 0.3) is 11.0 Å². The van der Waals surface area contributed by atoms with Crippen LogP contribution in [0.1, 0.15) is 35.6 Å². The van der Waals surface area contributed by atoms with Gasteiger partial charge in [-0.1, -0.05) is 74.0 Å². The van der Waals surface area contributed by atoms with E-state index in [9.17, 15) is 27.6 Å². The van der Waals surface area contributed by atoms with Crippen molar-refractivity contribution in [2.24, 2.45) is 0 Å². The molecule has 0 bridgehead atoms. The van der Waals surface area contributed by atoms with Gasteiger partial charge >= 0.3 is 17.8 Å². The van der Waals surface area contributed by atoms with E-state index >= 15 is 0 Å². The molecule has 3 amide bonds. The van der Waals surface area contributed by atoms with E-state index in [2.05, 4.69) is 5.32 Å². The van der Waals surface area contributed by atoms with Crippen LogP contribution >= 0.6 is 0 Å². The van der Waals surface area contributed by atoms with Crippen molar-refractivity contribution in [3.05, 3.63) is 112 Å². The van der Waals surface area contributed by atoms with Crippen LogP contribution in [0.5, 0.6) is 5.75 Å². The predicted octanol–water partition coefficient (Wildman–Crippen LogP) is 5.66. The number of aryl methyl sites for hydroxylation is 1. The molecule has 0 radical (unpaired) electrons. The lowest BCUT2D eigenvalue weighted by atomic mass is 9.82. The molecule has 1 aliphatic heterocycles. The SMILES string of the molecule is CCCc1c(OCCOCCN2C(=O)NC(c3ccccc3)(c3ccccc3)C2=O)ccc2c(C(F)(F)F)cc(=O)oc12. The molecule has 224 valence electrons. The minimum Gasteiger partial charge on any atom is -0.491 e. The molecule has 0 atom stereocenters. The number of halogens is 3. The van der Waals surface area contributed by atoms with Crippen molar-refractivity contribution < 1.29 is 36.7 Å². The van der Waals surface area contributed by atoms with Gasteiger partial charge in [-0.3, -0.25) is 9.69 Å². The molecule has 3 aromatic carbocycles. The molecule has 8 nitrogen and oxygen atoms in total. The molecule has 1 aliphatic rings. The zero-order valence-electron chi connectivity index (χ0n) is 23.3. The second kappa shape index (κ2) is 12.3. The van der Waals surface area contributed by atoms with Gasteiger partial charge in [0.05, 0.1) is 25.3 Å². The number of hydrogen-bond donors (Lipinski definition) is 1. The fraction of sp³-hybridized carbons (Fsp3) is 0.281. The van der Waals surface area contributed by atoms with E-state index in [1.165, 1.54) is 12.1 Å². The normalized spacial score (nSPS) is 14.7. The molecule has 11 heteroatoms. The Morgan fingerprint density at radius 3 is 2.14 bits per heavy atom. The highest BCUT2D eigenvalue weighted by atomic mass is 19.4. The number of rotatable bonds is 11. The predicted molar refractivity (Wildman–Crippen MR) is 152 cm³/mol. The molecule has 1 fully saturated rings. The van der Waals surface area contributed by atoms with Crippen molar-refractivity contribution in [3.8, 4) is 5.75 Å². The topological polar surface area (TPSA) is 98.1 Å². The Balaban J connectivity index is 1.24. The van der Waals surface area contributed by atoms with Crippen molar-refractivity contribution in [3.63, 3.8) is 0 Å². The highest BCUT2D eigenvalue weighted by Gasteiger charge is 2.53. The van der Waals surface area contributed by atoms with Gasteiger partial charge in [0.2, 0.25) is 0 Å². The maximum Gasteiger partial charge on any atom is 0.417 e. The van der Waals surface area contributed by atoms with Crippen molar-refractivity contribution in [1.29, 1.82) is 0 Å². The number of fused-ring (bicyclic) bond motifs is 1. The van der Waals surface area contributed by atoms with Gasteiger partial charge < -0.3 is 19.2 Å². The molecular formula is C32H29F3N2O6. The molecular weight excluding hydrogens is 565 g/mol. The van der Waals surface area contributed by atoms with Crippen molar-refractivity contribution in [2.45, 2.75) is 31.5 Å². The maximum absolute atomic E-state index is 13.7. The zero-order chi connectivity index (χ0) is 30.6. The summed E-state index contributed by atoms with van der Waals surface area (Å²) in [6.07, 6.45) is -3.82. The standard InChI is InChI=1S/C32H29F3N2O6/c1-2-9-24-26(15-14-23-25(32(33,34)35)20-27(38)43-28(23)24)42-19-18-41-17-16-37-29(39)31(36-30(37)40,21-10-5-3-6-11-21)22-12-7-4-8-13-22/h3-8,10-15,20H,2,9,16-19H2,1H3,(H,36,40). The third-order valence-electron chi connectivity index (χ3n) is 7.24. The number of amides is 3. The second-order valence-corrected chi connectivity index (χ2v) is 9.98. The Hall–Kier alpha value is -4.64. The van der Waals surface area contributed by atoms with Crippen molar-refractivity contribution in [2.75, 3.05) is 26.4 Å². The van der Waals surface area contributed by atoms with Gasteiger partial charge in [0.25, 0.3) is 5.91 Å². The van der Waals surface area contributed by atoms with Crippen LogP contribution in [0.2, 0.25) is 0 Å². The summed E-state index contributed by atoms with van der Waals surface area (Å²) >= 11 is 0. The number of alkyl halides is 3. The molecule has 1 saturated heterocycles. The quantitative estimate of drug-likeness (QED) is 0.137. The number of nitrogens with zero attached hydrogens (tertiary/aromatic N) is 1. The molecule has 4 aromatic rings. The summed E-state index contributed by atoms with van der Waals surface area (Å²) in [5, 5.41) is 2.67.